The summed E-state index contributed by atoms with van der Waals surface area (Å²) in [5.74, 6) is 0.723. The van der Waals surface area contributed by atoms with Crippen LogP contribution in [-0.2, 0) is 11.2 Å². The van der Waals surface area contributed by atoms with Crippen molar-refractivity contribution in [1.29, 1.82) is 0 Å². The summed E-state index contributed by atoms with van der Waals surface area (Å²) in [5.41, 5.74) is 0. The molecule has 5 nitrogen and oxygen atoms in total. The van der Waals surface area contributed by atoms with Crippen molar-refractivity contribution < 1.29 is 4.79 Å². The Balaban J connectivity index is 1.70. The lowest BCUT2D eigenvalue weighted by atomic mass is 9.95. The van der Waals surface area contributed by atoms with Crippen LogP contribution in [0.15, 0.2) is 17.1 Å². The van der Waals surface area contributed by atoms with Crippen molar-refractivity contribution in [2.24, 2.45) is 4.99 Å². The average Bonchev–Trinajstić information content (AvgIpc) is 2.97. The number of aliphatic imine (C=N–C) groups is 1. The molecular weight excluding hydrogens is 320 g/mol. The maximum atomic E-state index is 12.1. The number of carbonyl (C=O) groups is 1. The smallest absolute Gasteiger partial charge is 0.239 e. The average molecular weight is 351 g/mol. The summed E-state index contributed by atoms with van der Waals surface area (Å²) in [7, 11) is 1.73. The van der Waals surface area contributed by atoms with E-state index in [0.717, 1.165) is 19.3 Å². The highest BCUT2D eigenvalue weighted by molar-refractivity contribution is 7.11. The summed E-state index contributed by atoms with van der Waals surface area (Å²) in [5, 5.41) is 9.57. The molecule has 0 radical (unpaired) electrons. The number of guanidine groups is 1. The first-order valence-electron chi connectivity index (χ1n) is 8.88. The summed E-state index contributed by atoms with van der Waals surface area (Å²) in [4.78, 5) is 19.0. The summed E-state index contributed by atoms with van der Waals surface area (Å²) >= 11 is 1.82. The third-order valence-corrected chi connectivity index (χ3v) is 5.32. The first kappa shape index (κ1) is 18.8. The van der Waals surface area contributed by atoms with E-state index >= 15 is 0 Å². The third kappa shape index (κ3) is 6.51. The SMILES string of the molecule is CN=C(NCC(=O)NC1CCCCC1)NC(C)Cc1ccc(C)s1. The van der Waals surface area contributed by atoms with E-state index in [4.69, 9.17) is 0 Å². The predicted octanol–water partition coefficient (Wildman–Crippen LogP) is 2.60. The molecular formula is C18H30N4OS. The van der Waals surface area contributed by atoms with Crippen LogP contribution in [0.2, 0.25) is 0 Å². The molecule has 1 atom stereocenters. The second-order valence-corrected chi connectivity index (χ2v) is 7.96. The number of nitrogens with one attached hydrogen (secondary N) is 3. The predicted molar refractivity (Wildman–Crippen MR) is 102 cm³/mol. The minimum atomic E-state index is 0.0476. The number of nitrogens with zero attached hydrogens (tertiary/aromatic N) is 1. The van der Waals surface area contributed by atoms with E-state index < -0.39 is 0 Å². The molecule has 1 unspecified atom stereocenters. The van der Waals surface area contributed by atoms with E-state index in [1.54, 1.807) is 7.05 Å². The Hall–Kier alpha value is -1.56. The Morgan fingerprint density at radius 1 is 1.33 bits per heavy atom. The zero-order valence-electron chi connectivity index (χ0n) is 15.0. The molecule has 1 aliphatic carbocycles. The zero-order chi connectivity index (χ0) is 17.4. The van der Waals surface area contributed by atoms with Gasteiger partial charge in [0.25, 0.3) is 0 Å². The third-order valence-electron chi connectivity index (χ3n) is 4.30. The van der Waals surface area contributed by atoms with Crippen LogP contribution in [0.1, 0.15) is 48.8 Å². The van der Waals surface area contributed by atoms with E-state index in [-0.39, 0.29) is 18.5 Å². The minimum absolute atomic E-state index is 0.0476. The van der Waals surface area contributed by atoms with Crippen molar-refractivity contribution in [3.63, 3.8) is 0 Å². The molecule has 2 rings (SSSR count). The van der Waals surface area contributed by atoms with E-state index in [0.29, 0.717) is 12.0 Å². The number of hydrogen-bond acceptors (Lipinski definition) is 3. The van der Waals surface area contributed by atoms with E-state index in [1.165, 1.54) is 29.0 Å². The molecule has 1 saturated carbocycles. The molecule has 1 heterocycles. The van der Waals surface area contributed by atoms with Crippen LogP contribution in [0.25, 0.3) is 0 Å². The van der Waals surface area contributed by atoms with Crippen LogP contribution in [0.4, 0.5) is 0 Å². The summed E-state index contributed by atoms with van der Waals surface area (Å²) in [6.07, 6.45) is 6.91. The van der Waals surface area contributed by atoms with Crippen molar-refractivity contribution in [2.45, 2.75) is 64.5 Å². The van der Waals surface area contributed by atoms with Gasteiger partial charge in [0.15, 0.2) is 5.96 Å². The molecule has 1 aromatic heterocycles. The standard InChI is InChI=1S/C18H30N4OS/c1-13(11-16-10-9-14(2)24-16)21-18(19-3)20-12-17(23)22-15-7-5-4-6-8-15/h9-10,13,15H,4-8,11-12H2,1-3H3,(H,22,23)(H2,19,20,21). The van der Waals surface area contributed by atoms with Crippen molar-refractivity contribution >= 4 is 23.2 Å². The summed E-state index contributed by atoms with van der Waals surface area (Å²) in [6.45, 7) is 4.52. The van der Waals surface area contributed by atoms with Crippen LogP contribution >= 0.6 is 11.3 Å². The number of rotatable bonds is 6. The van der Waals surface area contributed by atoms with Crippen LogP contribution in [0.5, 0.6) is 0 Å². The van der Waals surface area contributed by atoms with E-state index in [2.05, 4.69) is 46.9 Å². The Morgan fingerprint density at radius 3 is 2.71 bits per heavy atom. The number of carbonyl (C=O) groups excluding carboxylic acids is 1. The van der Waals surface area contributed by atoms with Crippen molar-refractivity contribution in [1.82, 2.24) is 16.0 Å². The lowest BCUT2D eigenvalue weighted by Crippen LogP contribution is -2.48. The van der Waals surface area contributed by atoms with Gasteiger partial charge >= 0.3 is 0 Å². The number of aryl methyl sites for hydroxylation is 1. The van der Waals surface area contributed by atoms with Gasteiger partial charge in [-0.2, -0.15) is 0 Å². The van der Waals surface area contributed by atoms with E-state index in [9.17, 15) is 4.79 Å². The maximum absolute atomic E-state index is 12.1. The Kier molecular flexibility index (Phi) is 7.56. The molecule has 0 spiro atoms. The van der Waals surface area contributed by atoms with Gasteiger partial charge in [-0.3, -0.25) is 9.79 Å². The summed E-state index contributed by atoms with van der Waals surface area (Å²) in [6, 6.07) is 4.93. The quantitative estimate of drug-likeness (QED) is 0.546. The highest BCUT2D eigenvalue weighted by Crippen LogP contribution is 2.17. The molecule has 6 heteroatoms. The van der Waals surface area contributed by atoms with Crippen LogP contribution in [-0.4, -0.2) is 37.5 Å². The molecule has 3 N–H and O–H groups in total. The normalized spacial score (nSPS) is 17.4. The van der Waals surface area contributed by atoms with Crippen LogP contribution < -0.4 is 16.0 Å². The number of hydrogen-bond donors (Lipinski definition) is 3. The van der Waals surface area contributed by atoms with Crippen molar-refractivity contribution in [3.05, 3.63) is 21.9 Å². The molecule has 1 fully saturated rings. The Morgan fingerprint density at radius 2 is 2.08 bits per heavy atom. The van der Waals surface area contributed by atoms with Crippen LogP contribution in [0.3, 0.4) is 0 Å². The van der Waals surface area contributed by atoms with Crippen LogP contribution in [0, 0.1) is 6.92 Å². The molecule has 0 bridgehead atoms. The van der Waals surface area contributed by atoms with Gasteiger partial charge in [-0.25, -0.2) is 0 Å². The fraction of sp³-hybridized carbons (Fsp3) is 0.667. The van der Waals surface area contributed by atoms with Gasteiger partial charge in [-0.15, -0.1) is 11.3 Å². The number of amides is 1. The second-order valence-electron chi connectivity index (χ2n) is 6.59. The lowest BCUT2D eigenvalue weighted by molar-refractivity contribution is -0.120. The largest absolute Gasteiger partial charge is 0.354 e. The highest BCUT2D eigenvalue weighted by Gasteiger charge is 2.16. The van der Waals surface area contributed by atoms with Gasteiger partial charge in [0.1, 0.15) is 0 Å². The maximum Gasteiger partial charge on any atom is 0.239 e. The van der Waals surface area contributed by atoms with Crippen molar-refractivity contribution in [3.8, 4) is 0 Å². The molecule has 1 aromatic rings. The fourth-order valence-corrected chi connectivity index (χ4v) is 4.08. The fourth-order valence-electron chi connectivity index (χ4n) is 3.07. The van der Waals surface area contributed by atoms with Gasteiger partial charge in [-0.1, -0.05) is 19.3 Å². The molecule has 0 aliphatic heterocycles. The first-order chi connectivity index (χ1) is 11.6. The molecule has 1 aliphatic rings. The van der Waals surface area contributed by atoms with Gasteiger partial charge in [0, 0.05) is 35.3 Å². The molecule has 134 valence electrons. The van der Waals surface area contributed by atoms with Gasteiger partial charge < -0.3 is 16.0 Å². The minimum Gasteiger partial charge on any atom is -0.354 e. The van der Waals surface area contributed by atoms with Gasteiger partial charge in [0.2, 0.25) is 5.91 Å². The van der Waals surface area contributed by atoms with Gasteiger partial charge in [0.05, 0.1) is 6.54 Å². The monoisotopic (exact) mass is 350 g/mol. The lowest BCUT2D eigenvalue weighted by Gasteiger charge is -2.23. The number of thiophene rings is 1. The Labute approximate surface area is 149 Å². The summed E-state index contributed by atoms with van der Waals surface area (Å²) < 4.78 is 0. The second kappa shape index (κ2) is 9.67. The highest BCUT2D eigenvalue weighted by atomic mass is 32.1. The topological polar surface area (TPSA) is 65.5 Å². The molecule has 1 amide bonds. The molecule has 0 aromatic carbocycles. The van der Waals surface area contributed by atoms with Gasteiger partial charge in [-0.05, 0) is 38.8 Å². The molecule has 0 saturated heterocycles. The zero-order valence-corrected chi connectivity index (χ0v) is 15.8. The van der Waals surface area contributed by atoms with E-state index in [1.807, 2.05) is 11.3 Å². The van der Waals surface area contributed by atoms with Crippen molar-refractivity contribution in [2.75, 3.05) is 13.6 Å². The Bertz CT molecular complexity index is 549. The molecule has 24 heavy (non-hydrogen) atoms. The first-order valence-corrected chi connectivity index (χ1v) is 9.70.